The molecule has 3 aromatic rings. The number of hydrogen-bond donors (Lipinski definition) is 0. The smallest absolute Gasteiger partial charge is 0.185 e. The first-order valence-corrected chi connectivity index (χ1v) is 10.7. The number of halogens is 2. The van der Waals surface area contributed by atoms with Crippen LogP contribution in [-0.2, 0) is 6.54 Å². The molecule has 29 heavy (non-hydrogen) atoms. The Balaban J connectivity index is 1.74. The number of aromatic nitrogens is 2. The molecule has 1 heterocycles. The normalized spacial score (nSPS) is 14.0. The predicted molar refractivity (Wildman–Crippen MR) is 120 cm³/mol. The van der Waals surface area contributed by atoms with Crippen molar-refractivity contribution in [1.29, 1.82) is 0 Å². The minimum absolute atomic E-state index is 0.254. The summed E-state index contributed by atoms with van der Waals surface area (Å²) in [6.45, 7) is 4.85. The van der Waals surface area contributed by atoms with Crippen LogP contribution in [0.15, 0.2) is 48.7 Å². The van der Waals surface area contributed by atoms with Crippen molar-refractivity contribution in [1.82, 2.24) is 14.0 Å². The molecule has 6 heteroatoms. The topological polar surface area (TPSA) is 13.1 Å². The van der Waals surface area contributed by atoms with Gasteiger partial charge in [0.2, 0.25) is 0 Å². The van der Waals surface area contributed by atoms with Gasteiger partial charge < -0.3 is 9.47 Å². The van der Waals surface area contributed by atoms with E-state index in [-0.39, 0.29) is 5.82 Å². The molecule has 1 saturated carbocycles. The summed E-state index contributed by atoms with van der Waals surface area (Å²) in [5.41, 5.74) is 3.66. The van der Waals surface area contributed by atoms with Crippen LogP contribution in [0.1, 0.15) is 18.4 Å². The summed E-state index contributed by atoms with van der Waals surface area (Å²) in [5.74, 6) is 0.605. The van der Waals surface area contributed by atoms with Crippen molar-refractivity contribution in [2.45, 2.75) is 26.3 Å². The Morgan fingerprint density at radius 3 is 2.59 bits per heavy atom. The van der Waals surface area contributed by atoms with Crippen LogP contribution >= 0.6 is 23.8 Å². The lowest BCUT2D eigenvalue weighted by Crippen LogP contribution is -2.25. The first kappa shape index (κ1) is 20.3. The lowest BCUT2D eigenvalue weighted by atomic mass is 10.1. The van der Waals surface area contributed by atoms with E-state index in [9.17, 15) is 4.39 Å². The Bertz CT molecular complexity index is 1070. The van der Waals surface area contributed by atoms with E-state index in [1.807, 2.05) is 42.0 Å². The van der Waals surface area contributed by atoms with Crippen LogP contribution < -0.4 is 0 Å². The Hall–Kier alpha value is -1.95. The molecule has 152 valence electrons. The van der Waals surface area contributed by atoms with Gasteiger partial charge in [-0.3, -0.25) is 4.57 Å². The van der Waals surface area contributed by atoms with E-state index in [1.165, 1.54) is 18.9 Å². The minimum atomic E-state index is -0.254. The number of hydrogen-bond acceptors (Lipinski definition) is 2. The Morgan fingerprint density at radius 1 is 1.17 bits per heavy atom. The minimum Gasteiger partial charge on any atom is -0.322 e. The SMILES string of the molecule is Cc1ccc(F)cc1-c1cn(CCN(C)CC2CC2)c(=S)n1-c1ccc(Cl)cc1. The van der Waals surface area contributed by atoms with E-state index in [1.54, 1.807) is 12.1 Å². The van der Waals surface area contributed by atoms with Crippen LogP contribution in [0.25, 0.3) is 16.9 Å². The van der Waals surface area contributed by atoms with Crippen molar-refractivity contribution < 1.29 is 4.39 Å². The van der Waals surface area contributed by atoms with E-state index in [0.29, 0.717) is 9.79 Å². The Morgan fingerprint density at radius 2 is 1.90 bits per heavy atom. The third-order valence-electron chi connectivity index (χ3n) is 5.51. The van der Waals surface area contributed by atoms with Crippen molar-refractivity contribution in [2.24, 2.45) is 5.92 Å². The molecule has 0 saturated heterocycles. The number of nitrogens with zero attached hydrogens (tertiary/aromatic N) is 3. The molecule has 0 unspecified atom stereocenters. The summed E-state index contributed by atoms with van der Waals surface area (Å²) in [6.07, 6.45) is 4.74. The monoisotopic (exact) mass is 429 g/mol. The molecule has 1 aliphatic carbocycles. The molecular weight excluding hydrogens is 405 g/mol. The largest absolute Gasteiger partial charge is 0.322 e. The quantitative estimate of drug-likeness (QED) is 0.420. The second-order valence-corrected chi connectivity index (χ2v) is 8.77. The van der Waals surface area contributed by atoms with Crippen LogP contribution in [-0.4, -0.2) is 34.2 Å². The van der Waals surface area contributed by atoms with Gasteiger partial charge in [0.1, 0.15) is 5.82 Å². The third-order valence-corrected chi connectivity index (χ3v) is 6.17. The first-order valence-electron chi connectivity index (χ1n) is 9.95. The highest BCUT2D eigenvalue weighted by molar-refractivity contribution is 7.71. The van der Waals surface area contributed by atoms with Gasteiger partial charge in [0.25, 0.3) is 0 Å². The number of aryl methyl sites for hydroxylation is 1. The number of rotatable bonds is 7. The molecule has 0 radical (unpaired) electrons. The highest BCUT2D eigenvalue weighted by Gasteiger charge is 2.22. The maximum atomic E-state index is 14.0. The van der Waals surface area contributed by atoms with Crippen LogP contribution in [0.4, 0.5) is 4.39 Å². The van der Waals surface area contributed by atoms with Crippen molar-refractivity contribution in [2.75, 3.05) is 20.1 Å². The second-order valence-electron chi connectivity index (χ2n) is 7.97. The maximum Gasteiger partial charge on any atom is 0.185 e. The summed E-state index contributed by atoms with van der Waals surface area (Å²) >= 11 is 11.9. The van der Waals surface area contributed by atoms with Crippen LogP contribution in [0.5, 0.6) is 0 Å². The number of benzene rings is 2. The average Bonchev–Trinajstić information content (AvgIpc) is 3.45. The van der Waals surface area contributed by atoms with Gasteiger partial charge in [-0.25, -0.2) is 4.39 Å². The highest BCUT2D eigenvalue weighted by atomic mass is 35.5. The molecule has 1 aliphatic rings. The van der Waals surface area contributed by atoms with Crippen LogP contribution in [0.2, 0.25) is 5.02 Å². The molecule has 1 fully saturated rings. The molecule has 4 rings (SSSR count). The Labute approximate surface area is 181 Å². The summed E-state index contributed by atoms with van der Waals surface area (Å²) in [5, 5.41) is 0.671. The molecular formula is C23H25ClFN3S. The average molecular weight is 430 g/mol. The highest BCUT2D eigenvalue weighted by Crippen LogP contribution is 2.30. The van der Waals surface area contributed by atoms with Gasteiger partial charge >= 0.3 is 0 Å². The second kappa shape index (κ2) is 8.42. The predicted octanol–water partition coefficient (Wildman–Crippen LogP) is 6.12. The van der Waals surface area contributed by atoms with Gasteiger partial charge in [0.15, 0.2) is 4.77 Å². The fourth-order valence-electron chi connectivity index (χ4n) is 3.66. The van der Waals surface area contributed by atoms with Crippen molar-refractivity contribution in [3.8, 4) is 16.9 Å². The molecule has 0 bridgehead atoms. The van der Waals surface area contributed by atoms with Gasteiger partial charge in [-0.2, -0.15) is 0 Å². The molecule has 0 amide bonds. The molecule has 0 spiro atoms. The fraction of sp³-hybridized carbons (Fsp3) is 0.348. The summed E-state index contributed by atoms with van der Waals surface area (Å²) in [6, 6.07) is 12.5. The van der Waals surface area contributed by atoms with E-state index >= 15 is 0 Å². The first-order chi connectivity index (χ1) is 13.9. The lowest BCUT2D eigenvalue weighted by molar-refractivity contribution is 0.305. The number of imidazole rings is 1. The van der Waals surface area contributed by atoms with Gasteiger partial charge in [0, 0.05) is 42.1 Å². The van der Waals surface area contributed by atoms with Crippen LogP contribution in [0, 0.1) is 23.4 Å². The standard InChI is InChI=1S/C23H25ClFN3S/c1-16-3-8-19(25)13-21(16)22-15-27(12-11-26(2)14-17-4-5-17)23(29)28(22)20-9-6-18(24)7-10-20/h3,6-10,13,15,17H,4-5,11-12,14H2,1-2H3. The van der Waals surface area contributed by atoms with E-state index in [0.717, 1.165) is 48.1 Å². The lowest BCUT2D eigenvalue weighted by Gasteiger charge is -2.16. The summed E-state index contributed by atoms with van der Waals surface area (Å²) in [7, 11) is 2.16. The molecule has 0 N–H and O–H groups in total. The zero-order valence-corrected chi connectivity index (χ0v) is 18.3. The summed E-state index contributed by atoms with van der Waals surface area (Å²) < 4.78 is 18.8. The van der Waals surface area contributed by atoms with Gasteiger partial charge in [0.05, 0.1) is 5.69 Å². The van der Waals surface area contributed by atoms with Gasteiger partial charge in [-0.05, 0) is 86.9 Å². The van der Waals surface area contributed by atoms with E-state index < -0.39 is 0 Å². The zero-order valence-electron chi connectivity index (χ0n) is 16.7. The van der Waals surface area contributed by atoms with E-state index in [4.69, 9.17) is 23.8 Å². The van der Waals surface area contributed by atoms with Gasteiger partial charge in [-0.15, -0.1) is 0 Å². The summed E-state index contributed by atoms with van der Waals surface area (Å²) in [4.78, 5) is 2.37. The molecule has 0 aliphatic heterocycles. The van der Waals surface area contributed by atoms with Gasteiger partial charge in [-0.1, -0.05) is 17.7 Å². The number of likely N-dealkylation sites (N-methyl/N-ethyl adjacent to an activating group) is 1. The molecule has 2 aromatic carbocycles. The van der Waals surface area contributed by atoms with Crippen molar-refractivity contribution in [3.63, 3.8) is 0 Å². The van der Waals surface area contributed by atoms with E-state index in [2.05, 4.69) is 16.5 Å². The zero-order chi connectivity index (χ0) is 20.5. The Kier molecular flexibility index (Phi) is 5.91. The maximum absolute atomic E-state index is 14.0. The molecule has 3 nitrogen and oxygen atoms in total. The molecule has 1 aromatic heterocycles. The third kappa shape index (κ3) is 4.63. The van der Waals surface area contributed by atoms with Crippen molar-refractivity contribution >= 4 is 23.8 Å². The van der Waals surface area contributed by atoms with Crippen LogP contribution in [0.3, 0.4) is 0 Å². The van der Waals surface area contributed by atoms with Crippen molar-refractivity contribution in [3.05, 3.63) is 69.8 Å². The molecule has 0 atom stereocenters. The fourth-order valence-corrected chi connectivity index (χ4v) is 4.14.